The number of carbonyl (C=O) groups is 4. The third-order valence-electron chi connectivity index (χ3n) is 7.46. The Morgan fingerprint density at radius 2 is 1.69 bits per heavy atom. The molecule has 2 aliphatic heterocycles. The Balaban J connectivity index is 1.39. The summed E-state index contributed by atoms with van der Waals surface area (Å²) in [6.07, 6.45) is 0. The van der Waals surface area contributed by atoms with Crippen LogP contribution in [0.1, 0.15) is 33.6 Å². The van der Waals surface area contributed by atoms with Crippen molar-refractivity contribution in [2.45, 2.75) is 29.7 Å². The summed E-state index contributed by atoms with van der Waals surface area (Å²) in [5.41, 5.74) is 1.45. The van der Waals surface area contributed by atoms with Gasteiger partial charge < -0.3 is 15.2 Å². The number of phenolic OH excluding ortho intramolecular Hbond substituents is 1. The highest BCUT2D eigenvalue weighted by atomic mass is 35.5. The summed E-state index contributed by atoms with van der Waals surface area (Å²) < 4.78 is 6.32. The predicted molar refractivity (Wildman–Crippen MR) is 172 cm³/mol. The van der Waals surface area contributed by atoms with Gasteiger partial charge in [0.2, 0.25) is 17.7 Å². The second-order valence-corrected chi connectivity index (χ2v) is 13.1. The molecule has 0 spiro atoms. The number of anilines is 2. The number of aromatic nitrogens is 1. The molecule has 4 aromatic rings. The number of esters is 1. The van der Waals surface area contributed by atoms with Crippen LogP contribution in [0.2, 0.25) is 10.0 Å². The number of hydrogen-bond acceptors (Lipinski definition) is 9. The van der Waals surface area contributed by atoms with Crippen LogP contribution in [0.25, 0.3) is 0 Å². The molecule has 1 aromatic heterocycles. The van der Waals surface area contributed by atoms with Crippen LogP contribution in [0, 0.1) is 5.92 Å². The van der Waals surface area contributed by atoms with Gasteiger partial charge in [0, 0.05) is 16.5 Å². The number of halogens is 2. The maximum atomic E-state index is 14.1. The average Bonchev–Trinajstić information content (AvgIpc) is 3.46. The summed E-state index contributed by atoms with van der Waals surface area (Å²) in [6.45, 7) is 1.54. The number of thiazole rings is 1. The zero-order chi connectivity index (χ0) is 32.0. The van der Waals surface area contributed by atoms with Gasteiger partial charge in [0.15, 0.2) is 0 Å². The molecule has 0 saturated carbocycles. The van der Waals surface area contributed by atoms with Gasteiger partial charge in [-0.05, 0) is 67.1 Å². The number of fused-ring (bicyclic) bond motifs is 2. The predicted octanol–water partition coefficient (Wildman–Crippen LogP) is 5.53. The van der Waals surface area contributed by atoms with Crippen LogP contribution in [0.15, 0.2) is 76.6 Å². The smallest absolute Gasteiger partial charge is 0.338 e. The standard InChI is InChI=1S/C31H23Cl2N3O7S2/c1-2-43-30(41)15-6-10-17(11-7-15)36-27(39)23-22(19-4-3-5-20(32)24(19)33)26-29(44-25(23)28(36)40)35(31(42)45-26)14-21(38)34-16-8-12-18(37)13-9-16/h3-13,22-23,25,37H,2,14H2,1H3,(H,34,38). The van der Waals surface area contributed by atoms with Crippen molar-refractivity contribution < 1.29 is 29.0 Å². The number of thioether (sulfide) groups is 1. The number of carbonyl (C=O) groups excluding carboxylic acids is 4. The summed E-state index contributed by atoms with van der Waals surface area (Å²) in [4.78, 5) is 67.7. The van der Waals surface area contributed by atoms with Crippen LogP contribution in [0.4, 0.5) is 11.4 Å². The third kappa shape index (κ3) is 5.63. The lowest BCUT2D eigenvalue weighted by molar-refractivity contribution is -0.122. The number of ether oxygens (including phenoxy) is 1. The summed E-state index contributed by atoms with van der Waals surface area (Å²) in [6, 6.07) is 16.8. The van der Waals surface area contributed by atoms with Crippen LogP contribution in [0.5, 0.6) is 5.75 Å². The number of imide groups is 1. The monoisotopic (exact) mass is 683 g/mol. The quantitative estimate of drug-likeness (QED) is 0.147. The van der Waals surface area contributed by atoms with Gasteiger partial charge in [0.1, 0.15) is 17.5 Å². The first-order valence-electron chi connectivity index (χ1n) is 13.7. The van der Waals surface area contributed by atoms with Gasteiger partial charge in [-0.15, -0.1) is 0 Å². The zero-order valence-electron chi connectivity index (χ0n) is 23.4. The highest BCUT2D eigenvalue weighted by Gasteiger charge is 2.57. The van der Waals surface area contributed by atoms with Gasteiger partial charge in [-0.25, -0.2) is 9.69 Å². The van der Waals surface area contributed by atoms with E-state index < -0.39 is 45.6 Å². The molecule has 230 valence electrons. The maximum Gasteiger partial charge on any atom is 0.338 e. The van der Waals surface area contributed by atoms with Crippen molar-refractivity contribution in [1.29, 1.82) is 0 Å². The van der Waals surface area contributed by atoms with Crippen molar-refractivity contribution in [2.24, 2.45) is 5.92 Å². The van der Waals surface area contributed by atoms with E-state index in [2.05, 4.69) is 5.32 Å². The van der Waals surface area contributed by atoms with E-state index in [1.165, 1.54) is 53.1 Å². The molecule has 3 unspecified atom stereocenters. The van der Waals surface area contributed by atoms with Crippen molar-refractivity contribution in [3.05, 3.63) is 102 Å². The van der Waals surface area contributed by atoms with Gasteiger partial charge in [-0.1, -0.05) is 58.4 Å². The number of phenols is 1. The summed E-state index contributed by atoms with van der Waals surface area (Å²) in [5.74, 6) is -3.74. The Morgan fingerprint density at radius 1 is 0.978 bits per heavy atom. The van der Waals surface area contributed by atoms with Gasteiger partial charge >= 0.3 is 10.8 Å². The van der Waals surface area contributed by atoms with Crippen LogP contribution < -0.4 is 15.1 Å². The van der Waals surface area contributed by atoms with Crippen molar-refractivity contribution in [2.75, 3.05) is 16.8 Å². The molecule has 1 saturated heterocycles. The normalized spacial score (nSPS) is 18.8. The average molecular weight is 685 g/mol. The van der Waals surface area contributed by atoms with Crippen molar-refractivity contribution >= 4 is 81.4 Å². The van der Waals surface area contributed by atoms with Crippen LogP contribution >= 0.6 is 46.3 Å². The first-order chi connectivity index (χ1) is 21.6. The number of nitrogens with zero attached hydrogens (tertiary/aromatic N) is 2. The molecule has 10 nitrogen and oxygen atoms in total. The summed E-state index contributed by atoms with van der Waals surface area (Å²) in [5, 5.41) is 12.1. The lowest BCUT2D eigenvalue weighted by Gasteiger charge is -2.31. The molecule has 3 atom stereocenters. The van der Waals surface area contributed by atoms with Gasteiger partial charge in [0.05, 0.1) is 38.8 Å². The first-order valence-corrected chi connectivity index (χ1v) is 16.1. The molecule has 3 heterocycles. The van der Waals surface area contributed by atoms with Crippen LogP contribution in [-0.2, 0) is 25.7 Å². The molecule has 6 rings (SSSR count). The van der Waals surface area contributed by atoms with E-state index in [1.807, 2.05) is 0 Å². The fourth-order valence-corrected chi connectivity index (χ4v) is 8.64. The van der Waals surface area contributed by atoms with E-state index in [-0.39, 0.29) is 40.2 Å². The summed E-state index contributed by atoms with van der Waals surface area (Å²) in [7, 11) is 0. The second kappa shape index (κ2) is 12.4. The van der Waals surface area contributed by atoms with Gasteiger partial charge in [-0.2, -0.15) is 0 Å². The maximum absolute atomic E-state index is 14.1. The Kier molecular flexibility index (Phi) is 8.49. The SMILES string of the molecule is CCOC(=O)c1ccc(N2C(=O)C3Sc4c(sc(=O)n4CC(=O)Nc4ccc(O)cc4)C(c4cccc(Cl)c4Cl)C3C2=O)cc1. The number of benzene rings is 3. The first kappa shape index (κ1) is 30.9. The van der Waals surface area contributed by atoms with Crippen molar-refractivity contribution in [1.82, 2.24) is 4.57 Å². The Labute approximate surface area is 274 Å². The van der Waals surface area contributed by atoms with Crippen LogP contribution in [0.3, 0.4) is 0 Å². The number of rotatable bonds is 7. The number of amides is 3. The number of aromatic hydroxyl groups is 1. The van der Waals surface area contributed by atoms with E-state index >= 15 is 0 Å². The molecule has 0 aliphatic carbocycles. The molecule has 45 heavy (non-hydrogen) atoms. The third-order valence-corrected chi connectivity index (χ3v) is 10.9. The van der Waals surface area contributed by atoms with E-state index in [0.717, 1.165) is 28.0 Å². The largest absolute Gasteiger partial charge is 0.508 e. The van der Waals surface area contributed by atoms with E-state index in [4.69, 9.17) is 27.9 Å². The van der Waals surface area contributed by atoms with Gasteiger partial charge in [-0.3, -0.25) is 23.7 Å². The molecule has 1 fully saturated rings. The second-order valence-electron chi connectivity index (χ2n) is 10.2. The highest BCUT2D eigenvalue weighted by Crippen LogP contribution is 2.55. The molecule has 3 aromatic carbocycles. The van der Waals surface area contributed by atoms with E-state index in [0.29, 0.717) is 21.2 Å². The van der Waals surface area contributed by atoms with E-state index in [1.54, 1.807) is 25.1 Å². The lowest BCUT2D eigenvalue weighted by Crippen LogP contribution is -2.33. The Hall–Kier alpha value is -4.10. The van der Waals surface area contributed by atoms with E-state index in [9.17, 15) is 29.1 Å². The molecule has 0 radical (unpaired) electrons. The molecule has 2 aliphatic rings. The molecule has 2 N–H and O–H groups in total. The minimum atomic E-state index is -0.949. The number of nitrogens with one attached hydrogen (secondary N) is 1. The molecule has 3 amide bonds. The van der Waals surface area contributed by atoms with Crippen molar-refractivity contribution in [3.8, 4) is 5.75 Å². The fraction of sp³-hybridized carbons (Fsp3) is 0.194. The lowest BCUT2D eigenvalue weighted by atomic mass is 9.83. The minimum absolute atomic E-state index is 0.0348. The molecular weight excluding hydrogens is 661 g/mol. The minimum Gasteiger partial charge on any atom is -0.508 e. The molecule has 14 heteroatoms. The van der Waals surface area contributed by atoms with Crippen molar-refractivity contribution in [3.63, 3.8) is 0 Å². The van der Waals surface area contributed by atoms with Crippen LogP contribution in [-0.4, -0.2) is 45.2 Å². The topological polar surface area (TPSA) is 135 Å². The molecular formula is C31H23Cl2N3O7S2. The fourth-order valence-electron chi connectivity index (χ4n) is 5.46. The Bertz CT molecular complexity index is 1910. The molecule has 0 bridgehead atoms. The summed E-state index contributed by atoms with van der Waals surface area (Å²) >= 11 is 15.0. The van der Waals surface area contributed by atoms with Gasteiger partial charge in [0.25, 0.3) is 0 Å². The zero-order valence-corrected chi connectivity index (χ0v) is 26.5. The number of hydrogen-bond donors (Lipinski definition) is 2. The Morgan fingerprint density at radius 3 is 2.38 bits per heavy atom. The highest BCUT2D eigenvalue weighted by molar-refractivity contribution is 8.00.